The molecule has 2 N–H and O–H groups in total. The lowest BCUT2D eigenvalue weighted by molar-refractivity contribution is -0.128. The quantitative estimate of drug-likeness (QED) is 0.591. The summed E-state index contributed by atoms with van der Waals surface area (Å²) in [5, 5.41) is 0.0260. The summed E-state index contributed by atoms with van der Waals surface area (Å²) in [4.78, 5) is 23.5. The van der Waals surface area contributed by atoms with E-state index in [1.165, 1.54) is 12.1 Å². The Balaban J connectivity index is 1.70. The van der Waals surface area contributed by atoms with Gasteiger partial charge in [0.2, 0.25) is 5.91 Å². The van der Waals surface area contributed by atoms with Gasteiger partial charge < -0.3 is 4.74 Å². The standard InChI is InChI=1S/C16H13ClF2N2O3S/c17-11-7-10(18)5-6-13(11)24-8-15(22)20-21-16(23)9-25-14-4-2-1-3-12(14)19/h1-7H,8-9H2,(H,20,22)(H,21,23). The average molecular weight is 387 g/mol. The maximum absolute atomic E-state index is 13.4. The fourth-order valence-corrected chi connectivity index (χ4v) is 2.61. The van der Waals surface area contributed by atoms with Crippen molar-refractivity contribution in [2.75, 3.05) is 12.4 Å². The number of ether oxygens (including phenoxy) is 1. The Kier molecular flexibility index (Phi) is 7.03. The molecule has 0 spiro atoms. The molecule has 0 saturated heterocycles. The number of hydrazine groups is 1. The summed E-state index contributed by atoms with van der Waals surface area (Å²) >= 11 is 6.75. The van der Waals surface area contributed by atoms with Gasteiger partial charge in [-0.3, -0.25) is 20.4 Å². The van der Waals surface area contributed by atoms with Gasteiger partial charge in [-0.25, -0.2) is 8.78 Å². The summed E-state index contributed by atoms with van der Waals surface area (Å²) < 4.78 is 31.4. The Bertz CT molecular complexity index is 777. The number of carbonyl (C=O) groups excluding carboxylic acids is 2. The van der Waals surface area contributed by atoms with Crippen molar-refractivity contribution in [1.82, 2.24) is 10.9 Å². The summed E-state index contributed by atoms with van der Waals surface area (Å²) in [6.45, 7) is -0.425. The number of carbonyl (C=O) groups is 2. The Morgan fingerprint density at radius 3 is 2.52 bits per heavy atom. The van der Waals surface area contributed by atoms with Crippen molar-refractivity contribution in [2.24, 2.45) is 0 Å². The van der Waals surface area contributed by atoms with Crippen LogP contribution in [-0.4, -0.2) is 24.2 Å². The van der Waals surface area contributed by atoms with Crippen LogP contribution >= 0.6 is 23.4 Å². The highest BCUT2D eigenvalue weighted by Crippen LogP contribution is 2.24. The fraction of sp³-hybridized carbons (Fsp3) is 0.125. The van der Waals surface area contributed by atoms with Gasteiger partial charge in [0.25, 0.3) is 5.91 Å². The van der Waals surface area contributed by atoms with Crippen LogP contribution in [0.3, 0.4) is 0 Å². The van der Waals surface area contributed by atoms with E-state index in [0.29, 0.717) is 4.90 Å². The Morgan fingerprint density at radius 2 is 1.80 bits per heavy atom. The monoisotopic (exact) mass is 386 g/mol. The third kappa shape index (κ3) is 6.24. The highest BCUT2D eigenvalue weighted by Gasteiger charge is 2.09. The lowest BCUT2D eigenvalue weighted by Gasteiger charge is -2.10. The van der Waals surface area contributed by atoms with E-state index < -0.39 is 30.1 Å². The topological polar surface area (TPSA) is 67.4 Å². The molecule has 25 heavy (non-hydrogen) atoms. The highest BCUT2D eigenvalue weighted by atomic mass is 35.5. The summed E-state index contributed by atoms with van der Waals surface area (Å²) in [5.41, 5.74) is 4.32. The average Bonchev–Trinajstić information content (AvgIpc) is 2.58. The van der Waals surface area contributed by atoms with Gasteiger partial charge in [-0.2, -0.15) is 0 Å². The maximum Gasteiger partial charge on any atom is 0.276 e. The first-order valence-corrected chi connectivity index (χ1v) is 8.35. The van der Waals surface area contributed by atoms with E-state index in [1.807, 2.05) is 0 Å². The second kappa shape index (κ2) is 9.24. The van der Waals surface area contributed by atoms with Crippen LogP contribution in [0.25, 0.3) is 0 Å². The van der Waals surface area contributed by atoms with Crippen molar-refractivity contribution in [3.05, 3.63) is 59.1 Å². The first-order chi connectivity index (χ1) is 12.0. The van der Waals surface area contributed by atoms with Crippen LogP contribution in [0.2, 0.25) is 5.02 Å². The van der Waals surface area contributed by atoms with Gasteiger partial charge in [-0.1, -0.05) is 23.7 Å². The van der Waals surface area contributed by atoms with Crippen molar-refractivity contribution < 1.29 is 23.1 Å². The third-order valence-corrected chi connectivity index (χ3v) is 4.13. The molecule has 2 aromatic carbocycles. The molecule has 0 aliphatic heterocycles. The van der Waals surface area contributed by atoms with Crippen LogP contribution in [0.4, 0.5) is 8.78 Å². The Morgan fingerprint density at radius 1 is 1.08 bits per heavy atom. The molecule has 2 rings (SSSR count). The van der Waals surface area contributed by atoms with Crippen LogP contribution in [0.1, 0.15) is 0 Å². The summed E-state index contributed by atoms with van der Waals surface area (Å²) in [6.07, 6.45) is 0. The molecule has 0 aliphatic rings. The number of thioether (sulfide) groups is 1. The molecular formula is C16H13ClF2N2O3S. The van der Waals surface area contributed by atoms with Crippen LogP contribution < -0.4 is 15.6 Å². The van der Waals surface area contributed by atoms with Crippen molar-refractivity contribution in [2.45, 2.75) is 4.90 Å². The van der Waals surface area contributed by atoms with Gasteiger partial charge in [-0.05, 0) is 30.3 Å². The van der Waals surface area contributed by atoms with Crippen molar-refractivity contribution >= 4 is 35.2 Å². The minimum atomic E-state index is -0.635. The van der Waals surface area contributed by atoms with E-state index >= 15 is 0 Å². The van der Waals surface area contributed by atoms with Gasteiger partial charge in [-0.15, -0.1) is 11.8 Å². The molecular weight excluding hydrogens is 374 g/mol. The van der Waals surface area contributed by atoms with Crippen molar-refractivity contribution in [3.8, 4) is 5.75 Å². The first-order valence-electron chi connectivity index (χ1n) is 6.98. The molecule has 2 amide bonds. The molecule has 0 atom stereocenters. The predicted octanol–water partition coefficient (Wildman–Crippen LogP) is 2.94. The van der Waals surface area contributed by atoms with E-state index in [0.717, 1.165) is 23.9 Å². The molecule has 0 unspecified atom stereocenters. The number of benzene rings is 2. The van der Waals surface area contributed by atoms with E-state index in [1.54, 1.807) is 18.2 Å². The van der Waals surface area contributed by atoms with Crippen molar-refractivity contribution in [3.63, 3.8) is 0 Å². The Labute approximate surface area is 151 Å². The zero-order chi connectivity index (χ0) is 18.2. The summed E-state index contributed by atoms with van der Waals surface area (Å²) in [7, 11) is 0. The molecule has 0 bridgehead atoms. The number of rotatable bonds is 6. The van der Waals surface area contributed by atoms with E-state index in [4.69, 9.17) is 16.3 Å². The highest BCUT2D eigenvalue weighted by molar-refractivity contribution is 8.00. The fourth-order valence-electron chi connectivity index (χ4n) is 1.65. The molecule has 132 valence electrons. The molecule has 2 aromatic rings. The second-order valence-electron chi connectivity index (χ2n) is 4.68. The lowest BCUT2D eigenvalue weighted by atomic mass is 10.3. The third-order valence-electron chi connectivity index (χ3n) is 2.79. The summed E-state index contributed by atoms with van der Waals surface area (Å²) in [6, 6.07) is 9.52. The van der Waals surface area contributed by atoms with E-state index in [-0.39, 0.29) is 16.5 Å². The van der Waals surface area contributed by atoms with Crippen LogP contribution in [0, 0.1) is 11.6 Å². The SMILES string of the molecule is O=C(COc1ccc(F)cc1Cl)NNC(=O)CSc1ccccc1F. The molecule has 5 nitrogen and oxygen atoms in total. The minimum absolute atomic E-state index is 0.0260. The molecule has 9 heteroatoms. The predicted molar refractivity (Wildman–Crippen MR) is 90.3 cm³/mol. The van der Waals surface area contributed by atoms with Gasteiger partial charge in [0.15, 0.2) is 6.61 Å². The smallest absolute Gasteiger partial charge is 0.276 e. The van der Waals surface area contributed by atoms with E-state index in [9.17, 15) is 18.4 Å². The molecule has 0 aliphatic carbocycles. The second-order valence-corrected chi connectivity index (χ2v) is 6.10. The molecule has 0 aromatic heterocycles. The normalized spacial score (nSPS) is 10.2. The first kappa shape index (κ1) is 19.0. The van der Waals surface area contributed by atoms with Gasteiger partial charge in [0.05, 0.1) is 10.8 Å². The van der Waals surface area contributed by atoms with Gasteiger partial charge in [0, 0.05) is 4.90 Å². The maximum atomic E-state index is 13.4. The number of nitrogens with one attached hydrogen (secondary N) is 2. The van der Waals surface area contributed by atoms with Crippen LogP contribution in [0.15, 0.2) is 47.4 Å². The van der Waals surface area contributed by atoms with Crippen molar-refractivity contribution in [1.29, 1.82) is 0 Å². The lowest BCUT2D eigenvalue weighted by Crippen LogP contribution is -2.44. The zero-order valence-electron chi connectivity index (χ0n) is 12.7. The van der Waals surface area contributed by atoms with Gasteiger partial charge in [0.1, 0.15) is 17.4 Å². The van der Waals surface area contributed by atoms with Crippen LogP contribution in [-0.2, 0) is 9.59 Å². The number of hydrogen-bond donors (Lipinski definition) is 2. The summed E-state index contributed by atoms with van der Waals surface area (Å²) in [5.74, 6) is -2.03. The molecule has 0 heterocycles. The molecule has 0 fully saturated rings. The van der Waals surface area contributed by atoms with Crippen LogP contribution in [0.5, 0.6) is 5.75 Å². The Hall–Kier alpha value is -2.32. The zero-order valence-corrected chi connectivity index (χ0v) is 14.3. The largest absolute Gasteiger partial charge is 0.482 e. The minimum Gasteiger partial charge on any atom is -0.482 e. The number of halogens is 3. The number of amides is 2. The molecule has 0 radical (unpaired) electrons. The molecule has 0 saturated carbocycles. The van der Waals surface area contributed by atoms with Gasteiger partial charge >= 0.3 is 0 Å². The van der Waals surface area contributed by atoms with E-state index in [2.05, 4.69) is 10.9 Å². The number of hydrogen-bond acceptors (Lipinski definition) is 4.